The molecule has 0 amide bonds. The molecule has 6 heteroatoms. The van der Waals surface area contributed by atoms with E-state index in [4.69, 9.17) is 16.3 Å². The Hall–Kier alpha value is -2.14. The molecule has 0 N–H and O–H groups in total. The third-order valence-electron chi connectivity index (χ3n) is 2.71. The number of ether oxygens (including phenoxy) is 1. The van der Waals surface area contributed by atoms with E-state index in [1.54, 1.807) is 45.0 Å². The Kier molecular flexibility index (Phi) is 4.43. The second-order valence-electron chi connectivity index (χ2n) is 4.84. The molecule has 0 aliphatic rings. The third kappa shape index (κ3) is 3.49. The van der Waals surface area contributed by atoms with Gasteiger partial charge in [-0.15, -0.1) is 0 Å². The molecule has 1 aromatic carbocycles. The molecule has 0 atom stereocenters. The van der Waals surface area contributed by atoms with Gasteiger partial charge in [-0.2, -0.15) is 5.10 Å². The first-order chi connectivity index (χ1) is 9.88. The van der Waals surface area contributed by atoms with Crippen LogP contribution < -0.4 is 5.43 Å². The topological polar surface area (TPSA) is 61.2 Å². The summed E-state index contributed by atoms with van der Waals surface area (Å²) in [6.07, 6.45) is -0.316. The van der Waals surface area contributed by atoms with Crippen molar-refractivity contribution in [2.45, 2.75) is 26.9 Å². The van der Waals surface area contributed by atoms with Gasteiger partial charge in [0.15, 0.2) is 0 Å². The summed E-state index contributed by atoms with van der Waals surface area (Å²) in [6, 6.07) is 8.29. The van der Waals surface area contributed by atoms with Crippen molar-refractivity contribution in [2.75, 3.05) is 0 Å². The number of hydrogen-bond acceptors (Lipinski definition) is 4. The average Bonchev–Trinajstić information content (AvgIpc) is 2.39. The van der Waals surface area contributed by atoms with E-state index in [0.29, 0.717) is 16.4 Å². The molecule has 1 heterocycles. The molecule has 0 radical (unpaired) electrons. The summed E-state index contributed by atoms with van der Waals surface area (Å²) in [5.41, 5.74) is 0.631. The lowest BCUT2D eigenvalue weighted by Crippen LogP contribution is -2.25. The lowest BCUT2D eigenvalue weighted by molar-refractivity contribution is 0.0367. The van der Waals surface area contributed by atoms with E-state index in [1.165, 1.54) is 10.7 Å². The first-order valence-electron chi connectivity index (χ1n) is 6.46. The lowest BCUT2D eigenvalue weighted by Gasteiger charge is -2.12. The number of nitrogens with zero attached hydrogens (tertiary/aromatic N) is 2. The van der Waals surface area contributed by atoms with Crippen LogP contribution in [0.3, 0.4) is 0 Å². The molecular weight excluding hydrogens is 292 g/mol. The zero-order valence-corrected chi connectivity index (χ0v) is 12.7. The van der Waals surface area contributed by atoms with E-state index >= 15 is 0 Å². The highest BCUT2D eigenvalue weighted by Crippen LogP contribution is 2.14. The molecule has 0 saturated carbocycles. The second-order valence-corrected chi connectivity index (χ2v) is 5.28. The molecule has 2 rings (SSSR count). The molecule has 0 fully saturated rings. The standard InChI is InChI=1S/C15H15ClN2O3/c1-9(2)21-15(20)14-13(19)8-10(3)18(17-14)12-6-4-11(16)5-7-12/h4-9H,1-3H3. The van der Waals surface area contributed by atoms with Crippen molar-refractivity contribution >= 4 is 17.6 Å². The van der Waals surface area contributed by atoms with Crippen LogP contribution in [0.5, 0.6) is 0 Å². The van der Waals surface area contributed by atoms with Crippen molar-refractivity contribution < 1.29 is 9.53 Å². The Balaban J connectivity index is 2.50. The first kappa shape index (κ1) is 15.3. The van der Waals surface area contributed by atoms with Crippen LogP contribution in [0.1, 0.15) is 30.0 Å². The van der Waals surface area contributed by atoms with E-state index in [0.717, 1.165) is 0 Å². The molecule has 2 aromatic rings. The van der Waals surface area contributed by atoms with Gasteiger partial charge in [0.25, 0.3) is 0 Å². The highest BCUT2D eigenvalue weighted by molar-refractivity contribution is 6.30. The molecular formula is C15H15ClN2O3. The van der Waals surface area contributed by atoms with Gasteiger partial charge in [0.2, 0.25) is 11.1 Å². The van der Waals surface area contributed by atoms with Gasteiger partial charge in [-0.05, 0) is 45.0 Å². The number of benzene rings is 1. The van der Waals surface area contributed by atoms with E-state index in [2.05, 4.69) is 5.10 Å². The van der Waals surface area contributed by atoms with Gasteiger partial charge in [0.1, 0.15) is 0 Å². The number of esters is 1. The predicted octanol–water partition coefficient (Wildman–Crippen LogP) is 2.76. The Bertz CT molecular complexity index is 721. The van der Waals surface area contributed by atoms with Crippen LogP contribution in [0.4, 0.5) is 0 Å². The molecule has 0 aliphatic carbocycles. The van der Waals surface area contributed by atoms with E-state index in [9.17, 15) is 9.59 Å². The Labute approximate surface area is 127 Å². The van der Waals surface area contributed by atoms with Gasteiger partial charge in [0, 0.05) is 16.8 Å². The largest absolute Gasteiger partial charge is 0.458 e. The van der Waals surface area contributed by atoms with Gasteiger partial charge in [0.05, 0.1) is 11.8 Å². The Morgan fingerprint density at radius 1 is 1.29 bits per heavy atom. The fourth-order valence-corrected chi connectivity index (χ4v) is 1.93. The van der Waals surface area contributed by atoms with E-state index in [-0.39, 0.29) is 11.8 Å². The van der Waals surface area contributed by atoms with Crippen LogP contribution in [-0.2, 0) is 4.74 Å². The second kappa shape index (κ2) is 6.10. The van der Waals surface area contributed by atoms with Crippen molar-refractivity contribution in [1.82, 2.24) is 9.78 Å². The lowest BCUT2D eigenvalue weighted by atomic mass is 10.3. The maximum Gasteiger partial charge on any atom is 0.363 e. The van der Waals surface area contributed by atoms with E-state index in [1.807, 2.05) is 0 Å². The highest BCUT2D eigenvalue weighted by atomic mass is 35.5. The molecule has 21 heavy (non-hydrogen) atoms. The number of aryl methyl sites for hydroxylation is 1. The minimum atomic E-state index is -0.724. The fraction of sp³-hybridized carbons (Fsp3) is 0.267. The van der Waals surface area contributed by atoms with Gasteiger partial charge >= 0.3 is 5.97 Å². The summed E-state index contributed by atoms with van der Waals surface area (Å²) in [4.78, 5) is 23.8. The molecule has 0 bridgehead atoms. The normalized spacial score (nSPS) is 10.7. The molecule has 0 spiro atoms. The average molecular weight is 307 g/mol. The number of aromatic nitrogens is 2. The molecule has 110 valence electrons. The number of carbonyl (C=O) groups excluding carboxylic acids is 1. The summed E-state index contributed by atoms with van der Waals surface area (Å²) in [5.74, 6) is -0.724. The summed E-state index contributed by atoms with van der Waals surface area (Å²) in [7, 11) is 0. The number of rotatable bonds is 3. The fourth-order valence-electron chi connectivity index (χ4n) is 1.80. The number of halogens is 1. The maximum absolute atomic E-state index is 11.9. The summed E-state index contributed by atoms with van der Waals surface area (Å²) < 4.78 is 6.54. The van der Waals surface area contributed by atoms with Gasteiger partial charge in [-0.25, -0.2) is 9.48 Å². The van der Waals surface area contributed by atoms with Crippen molar-refractivity contribution in [1.29, 1.82) is 0 Å². The Morgan fingerprint density at radius 2 is 1.90 bits per heavy atom. The van der Waals surface area contributed by atoms with Gasteiger partial charge < -0.3 is 4.74 Å². The van der Waals surface area contributed by atoms with Crippen LogP contribution in [0.2, 0.25) is 5.02 Å². The quantitative estimate of drug-likeness (QED) is 0.818. The molecule has 0 unspecified atom stereocenters. The minimum absolute atomic E-state index is 0.232. The van der Waals surface area contributed by atoms with Crippen molar-refractivity contribution in [3.8, 4) is 5.69 Å². The molecule has 5 nitrogen and oxygen atoms in total. The van der Waals surface area contributed by atoms with Crippen LogP contribution in [0, 0.1) is 6.92 Å². The number of carbonyl (C=O) groups is 1. The summed E-state index contributed by atoms with van der Waals surface area (Å²) in [5, 5.41) is 4.71. The monoisotopic (exact) mass is 306 g/mol. The van der Waals surface area contributed by atoms with Crippen LogP contribution in [-0.4, -0.2) is 21.9 Å². The smallest absolute Gasteiger partial charge is 0.363 e. The zero-order chi connectivity index (χ0) is 15.6. The summed E-state index contributed by atoms with van der Waals surface area (Å²) in [6.45, 7) is 5.16. The predicted molar refractivity (Wildman–Crippen MR) is 80.1 cm³/mol. The number of hydrogen-bond donors (Lipinski definition) is 0. The first-order valence-corrected chi connectivity index (χ1v) is 6.84. The van der Waals surface area contributed by atoms with Crippen molar-refractivity contribution in [3.05, 3.63) is 57.0 Å². The van der Waals surface area contributed by atoms with E-state index < -0.39 is 11.4 Å². The van der Waals surface area contributed by atoms with Crippen molar-refractivity contribution in [2.24, 2.45) is 0 Å². The molecule has 1 aromatic heterocycles. The highest BCUT2D eigenvalue weighted by Gasteiger charge is 2.17. The van der Waals surface area contributed by atoms with Crippen molar-refractivity contribution in [3.63, 3.8) is 0 Å². The van der Waals surface area contributed by atoms with Gasteiger partial charge in [-0.3, -0.25) is 4.79 Å². The zero-order valence-electron chi connectivity index (χ0n) is 12.0. The van der Waals surface area contributed by atoms with Crippen LogP contribution in [0.15, 0.2) is 35.1 Å². The Morgan fingerprint density at radius 3 is 2.48 bits per heavy atom. The summed E-state index contributed by atoms with van der Waals surface area (Å²) >= 11 is 5.85. The molecule has 0 aliphatic heterocycles. The van der Waals surface area contributed by atoms with Crippen LogP contribution >= 0.6 is 11.6 Å². The SMILES string of the molecule is Cc1cc(=O)c(C(=O)OC(C)C)nn1-c1ccc(Cl)cc1. The molecule has 0 saturated heterocycles. The maximum atomic E-state index is 11.9. The van der Waals surface area contributed by atoms with Crippen LogP contribution in [0.25, 0.3) is 5.69 Å². The van der Waals surface area contributed by atoms with Gasteiger partial charge in [-0.1, -0.05) is 11.6 Å². The third-order valence-corrected chi connectivity index (χ3v) is 2.97. The minimum Gasteiger partial charge on any atom is -0.458 e.